The fourth-order valence-electron chi connectivity index (χ4n) is 1.87. The Labute approximate surface area is 109 Å². The molecule has 0 aliphatic carbocycles. The van der Waals surface area contributed by atoms with Crippen molar-refractivity contribution in [2.24, 2.45) is 5.73 Å². The molecule has 1 aromatic carbocycles. The number of imidazole rings is 1. The van der Waals surface area contributed by atoms with Gasteiger partial charge in [0.1, 0.15) is 0 Å². The van der Waals surface area contributed by atoms with Crippen LogP contribution in [-0.2, 0) is 4.79 Å². The van der Waals surface area contributed by atoms with Gasteiger partial charge in [-0.1, -0.05) is 18.2 Å². The molecule has 2 aromatic rings. The van der Waals surface area contributed by atoms with Crippen LogP contribution in [0.1, 0.15) is 24.4 Å². The number of aromatic amines is 2. The van der Waals surface area contributed by atoms with Crippen LogP contribution < -0.4 is 11.4 Å². The van der Waals surface area contributed by atoms with E-state index in [1.165, 1.54) is 0 Å². The summed E-state index contributed by atoms with van der Waals surface area (Å²) in [7, 11) is 0. The van der Waals surface area contributed by atoms with E-state index in [-0.39, 0.29) is 18.2 Å². The average Bonchev–Trinajstić information content (AvgIpc) is 2.83. The normalized spacial score (nSPS) is 12.3. The highest BCUT2D eigenvalue weighted by Crippen LogP contribution is 2.22. The van der Waals surface area contributed by atoms with Crippen molar-refractivity contribution in [1.29, 1.82) is 0 Å². The van der Waals surface area contributed by atoms with Gasteiger partial charge >= 0.3 is 11.7 Å². The van der Waals surface area contributed by atoms with Crippen molar-refractivity contribution < 1.29 is 9.90 Å². The molecular weight excluding hydrogens is 246 g/mol. The van der Waals surface area contributed by atoms with Gasteiger partial charge in [-0.15, -0.1) is 0 Å². The van der Waals surface area contributed by atoms with E-state index in [0.29, 0.717) is 12.1 Å². The lowest BCUT2D eigenvalue weighted by Gasteiger charge is -2.11. The summed E-state index contributed by atoms with van der Waals surface area (Å²) in [4.78, 5) is 26.8. The average molecular weight is 261 g/mol. The first-order valence-electron chi connectivity index (χ1n) is 5.91. The minimum Gasteiger partial charge on any atom is -0.481 e. The molecule has 0 saturated carbocycles. The number of aliphatic carboxylic acids is 1. The topological polar surface area (TPSA) is 112 Å². The second-order valence-electron chi connectivity index (χ2n) is 4.32. The Morgan fingerprint density at radius 3 is 2.84 bits per heavy atom. The molecule has 6 heteroatoms. The number of hydrogen-bond acceptors (Lipinski definition) is 3. The lowest BCUT2D eigenvalue weighted by Crippen LogP contribution is -2.12. The third-order valence-corrected chi connectivity index (χ3v) is 2.89. The molecule has 0 fully saturated rings. The Morgan fingerprint density at radius 2 is 2.21 bits per heavy atom. The predicted molar refractivity (Wildman–Crippen MR) is 70.6 cm³/mol. The second kappa shape index (κ2) is 5.53. The third kappa shape index (κ3) is 3.32. The molecule has 0 amide bonds. The van der Waals surface area contributed by atoms with E-state index >= 15 is 0 Å². The smallest absolute Gasteiger partial charge is 0.323 e. The molecule has 1 atom stereocenters. The SMILES string of the molecule is NC(CCC(=O)O)c1cccc(-c2c[nH]c(=O)[nH]2)c1. The van der Waals surface area contributed by atoms with E-state index in [4.69, 9.17) is 10.8 Å². The summed E-state index contributed by atoms with van der Waals surface area (Å²) < 4.78 is 0. The van der Waals surface area contributed by atoms with Gasteiger partial charge in [0.05, 0.1) is 5.69 Å². The molecule has 1 unspecified atom stereocenters. The zero-order chi connectivity index (χ0) is 13.8. The first-order chi connectivity index (χ1) is 9.06. The molecule has 19 heavy (non-hydrogen) atoms. The molecule has 6 nitrogen and oxygen atoms in total. The van der Waals surface area contributed by atoms with Crippen molar-refractivity contribution in [3.8, 4) is 11.3 Å². The van der Waals surface area contributed by atoms with Crippen molar-refractivity contribution in [1.82, 2.24) is 9.97 Å². The minimum absolute atomic E-state index is 0.0341. The summed E-state index contributed by atoms with van der Waals surface area (Å²) >= 11 is 0. The molecule has 0 bridgehead atoms. The summed E-state index contributed by atoms with van der Waals surface area (Å²) in [6.45, 7) is 0. The maximum atomic E-state index is 11.1. The summed E-state index contributed by atoms with van der Waals surface area (Å²) in [6.07, 6.45) is 2.00. The van der Waals surface area contributed by atoms with Crippen LogP contribution in [0.25, 0.3) is 11.3 Å². The van der Waals surface area contributed by atoms with Crippen LogP contribution in [0.2, 0.25) is 0 Å². The highest BCUT2D eigenvalue weighted by molar-refractivity contribution is 5.66. The van der Waals surface area contributed by atoms with Crippen LogP contribution in [0.5, 0.6) is 0 Å². The Morgan fingerprint density at radius 1 is 1.42 bits per heavy atom. The van der Waals surface area contributed by atoms with Crippen LogP contribution in [0.3, 0.4) is 0 Å². The predicted octanol–water partition coefficient (Wildman–Crippen LogP) is 1.23. The summed E-state index contributed by atoms with van der Waals surface area (Å²) in [5.41, 5.74) is 8.05. The van der Waals surface area contributed by atoms with E-state index in [0.717, 1.165) is 11.1 Å². The molecular formula is C13H15N3O3. The molecule has 0 radical (unpaired) electrons. The zero-order valence-electron chi connectivity index (χ0n) is 10.2. The number of benzene rings is 1. The fourth-order valence-corrected chi connectivity index (χ4v) is 1.87. The van der Waals surface area contributed by atoms with Gasteiger partial charge in [0.2, 0.25) is 0 Å². The number of H-pyrrole nitrogens is 2. The number of rotatable bonds is 5. The van der Waals surface area contributed by atoms with Crippen molar-refractivity contribution in [3.63, 3.8) is 0 Å². The maximum Gasteiger partial charge on any atom is 0.323 e. The highest BCUT2D eigenvalue weighted by Gasteiger charge is 2.10. The largest absolute Gasteiger partial charge is 0.481 e. The molecule has 1 heterocycles. The van der Waals surface area contributed by atoms with Gasteiger partial charge in [0.15, 0.2) is 0 Å². The number of nitrogens with one attached hydrogen (secondary N) is 2. The standard InChI is InChI=1S/C13H15N3O3/c14-10(4-5-12(17)18)8-2-1-3-9(6-8)11-7-15-13(19)16-11/h1-3,6-7,10H,4-5,14H2,(H,17,18)(H2,15,16,19). The van der Waals surface area contributed by atoms with E-state index in [2.05, 4.69) is 9.97 Å². The van der Waals surface area contributed by atoms with E-state index in [9.17, 15) is 9.59 Å². The summed E-state index contributed by atoms with van der Waals surface area (Å²) in [6, 6.07) is 7.05. The number of hydrogen-bond donors (Lipinski definition) is 4. The number of carbonyl (C=O) groups is 1. The second-order valence-corrected chi connectivity index (χ2v) is 4.32. The molecule has 100 valence electrons. The summed E-state index contributed by atoms with van der Waals surface area (Å²) in [5, 5.41) is 8.65. The number of carboxylic acids is 1. The third-order valence-electron chi connectivity index (χ3n) is 2.89. The Kier molecular flexibility index (Phi) is 3.82. The van der Waals surface area contributed by atoms with Crippen LogP contribution in [-0.4, -0.2) is 21.0 Å². The van der Waals surface area contributed by atoms with Crippen LogP contribution >= 0.6 is 0 Å². The van der Waals surface area contributed by atoms with Crippen molar-refractivity contribution in [2.75, 3.05) is 0 Å². The Balaban J connectivity index is 2.19. The van der Waals surface area contributed by atoms with Crippen molar-refractivity contribution in [2.45, 2.75) is 18.9 Å². The lowest BCUT2D eigenvalue weighted by molar-refractivity contribution is -0.137. The minimum atomic E-state index is -0.860. The molecule has 0 aliphatic rings. The van der Waals surface area contributed by atoms with Gasteiger partial charge in [0.25, 0.3) is 0 Å². The molecule has 2 rings (SSSR count). The quantitative estimate of drug-likeness (QED) is 0.648. The van der Waals surface area contributed by atoms with E-state index in [1.807, 2.05) is 24.3 Å². The van der Waals surface area contributed by atoms with Crippen molar-refractivity contribution >= 4 is 5.97 Å². The van der Waals surface area contributed by atoms with Crippen LogP contribution in [0, 0.1) is 0 Å². The van der Waals surface area contributed by atoms with Gasteiger partial charge < -0.3 is 20.8 Å². The summed E-state index contributed by atoms with van der Waals surface area (Å²) in [5.74, 6) is -0.860. The van der Waals surface area contributed by atoms with Gasteiger partial charge in [-0.2, -0.15) is 0 Å². The van der Waals surface area contributed by atoms with Gasteiger partial charge in [-0.05, 0) is 23.6 Å². The first-order valence-corrected chi connectivity index (χ1v) is 5.91. The van der Waals surface area contributed by atoms with Gasteiger partial charge in [-0.25, -0.2) is 4.79 Å². The molecule has 5 N–H and O–H groups in total. The Bertz CT molecular complexity index is 630. The fraction of sp³-hybridized carbons (Fsp3) is 0.231. The number of aromatic nitrogens is 2. The van der Waals surface area contributed by atoms with E-state index < -0.39 is 5.97 Å². The number of carboxylic acid groups (broad SMARTS) is 1. The monoisotopic (exact) mass is 261 g/mol. The number of nitrogens with two attached hydrogens (primary N) is 1. The van der Waals surface area contributed by atoms with Crippen molar-refractivity contribution in [3.05, 3.63) is 46.5 Å². The van der Waals surface area contributed by atoms with Gasteiger partial charge in [0, 0.05) is 18.7 Å². The van der Waals surface area contributed by atoms with Gasteiger partial charge in [-0.3, -0.25) is 4.79 Å². The zero-order valence-corrected chi connectivity index (χ0v) is 10.2. The van der Waals surface area contributed by atoms with Crippen LogP contribution in [0.15, 0.2) is 35.3 Å². The van der Waals surface area contributed by atoms with Crippen LogP contribution in [0.4, 0.5) is 0 Å². The maximum absolute atomic E-state index is 11.1. The Hall–Kier alpha value is -2.34. The molecule has 0 aliphatic heterocycles. The molecule has 0 spiro atoms. The molecule has 0 saturated heterocycles. The molecule has 1 aromatic heterocycles. The lowest BCUT2D eigenvalue weighted by atomic mass is 10.00. The van der Waals surface area contributed by atoms with E-state index in [1.54, 1.807) is 6.20 Å². The first kappa shape index (κ1) is 13.1. The highest BCUT2D eigenvalue weighted by atomic mass is 16.4.